The minimum atomic E-state index is -1.39. The molecule has 0 bridgehead atoms. The van der Waals surface area contributed by atoms with Crippen LogP contribution in [0.4, 0.5) is 0 Å². The molecular formula is C17H19ClO4. The molecule has 0 heterocycles. The van der Waals surface area contributed by atoms with Gasteiger partial charge in [0.05, 0.1) is 14.2 Å². The zero-order valence-corrected chi connectivity index (χ0v) is 13.6. The van der Waals surface area contributed by atoms with Crippen LogP contribution >= 0.6 is 11.6 Å². The van der Waals surface area contributed by atoms with Gasteiger partial charge in [-0.1, -0.05) is 41.4 Å². The zero-order valence-electron chi connectivity index (χ0n) is 12.9. The Morgan fingerprint density at radius 1 is 1.18 bits per heavy atom. The van der Waals surface area contributed by atoms with Crippen LogP contribution in [-0.2, 0) is 19.1 Å². The maximum absolute atomic E-state index is 12.5. The van der Waals surface area contributed by atoms with Gasteiger partial charge in [0.15, 0.2) is 5.41 Å². The van der Waals surface area contributed by atoms with Gasteiger partial charge in [-0.25, -0.2) is 0 Å². The summed E-state index contributed by atoms with van der Waals surface area (Å²) >= 11 is 6.30. The van der Waals surface area contributed by atoms with Crippen LogP contribution in [0.5, 0.6) is 0 Å². The number of benzene rings is 1. The standard InChI is InChI=1S/C17H19ClO4/c1-11-8-9-17(15(19)21-2,16(20)22-3)13(10-11)12-6-4-5-7-14(12)18/h4-8,13H,9-10H2,1-3H3. The second kappa shape index (κ2) is 6.53. The molecule has 0 amide bonds. The molecule has 1 aromatic carbocycles. The molecule has 2 rings (SSSR count). The number of ether oxygens (including phenoxy) is 2. The smallest absolute Gasteiger partial charge is 0.324 e. The molecule has 0 N–H and O–H groups in total. The number of allylic oxidation sites excluding steroid dienone is 2. The first-order chi connectivity index (χ1) is 10.5. The number of carbonyl (C=O) groups is 2. The van der Waals surface area contributed by atoms with E-state index < -0.39 is 23.3 Å². The lowest BCUT2D eigenvalue weighted by molar-refractivity contribution is -0.171. The van der Waals surface area contributed by atoms with E-state index in [1.54, 1.807) is 6.07 Å². The molecule has 1 atom stereocenters. The predicted molar refractivity (Wildman–Crippen MR) is 83.6 cm³/mol. The SMILES string of the molecule is COC(=O)C1(C(=O)OC)CC=C(C)CC1c1ccccc1Cl. The summed E-state index contributed by atoms with van der Waals surface area (Å²) in [6.45, 7) is 1.97. The van der Waals surface area contributed by atoms with Crippen LogP contribution in [0.1, 0.15) is 31.2 Å². The summed E-state index contributed by atoms with van der Waals surface area (Å²) in [7, 11) is 2.56. The van der Waals surface area contributed by atoms with Gasteiger partial charge in [-0.05, 0) is 31.4 Å². The summed E-state index contributed by atoms with van der Waals surface area (Å²) in [5.41, 5.74) is 0.467. The molecule has 0 aliphatic heterocycles. The van der Waals surface area contributed by atoms with Crippen molar-refractivity contribution in [2.24, 2.45) is 5.41 Å². The molecule has 118 valence electrons. The minimum Gasteiger partial charge on any atom is -0.468 e. The molecule has 5 heteroatoms. The molecular weight excluding hydrogens is 304 g/mol. The second-order valence-corrected chi connectivity index (χ2v) is 5.89. The Hall–Kier alpha value is -1.81. The summed E-state index contributed by atoms with van der Waals surface area (Å²) in [6.07, 6.45) is 2.68. The van der Waals surface area contributed by atoms with Crippen molar-refractivity contribution in [3.05, 3.63) is 46.5 Å². The van der Waals surface area contributed by atoms with Crippen molar-refractivity contribution >= 4 is 23.5 Å². The van der Waals surface area contributed by atoms with Crippen molar-refractivity contribution in [3.8, 4) is 0 Å². The van der Waals surface area contributed by atoms with Gasteiger partial charge in [0.1, 0.15) is 0 Å². The van der Waals surface area contributed by atoms with E-state index in [0.29, 0.717) is 11.4 Å². The third-order valence-electron chi connectivity index (χ3n) is 4.27. The summed E-state index contributed by atoms with van der Waals surface area (Å²) in [4.78, 5) is 25.0. The molecule has 1 aromatic rings. The maximum Gasteiger partial charge on any atom is 0.324 e. The van der Waals surface area contributed by atoms with Gasteiger partial charge < -0.3 is 9.47 Å². The molecule has 0 aromatic heterocycles. The van der Waals surface area contributed by atoms with Crippen LogP contribution in [0.2, 0.25) is 5.02 Å². The molecule has 22 heavy (non-hydrogen) atoms. The van der Waals surface area contributed by atoms with E-state index in [4.69, 9.17) is 21.1 Å². The highest BCUT2D eigenvalue weighted by Gasteiger charge is 2.55. The molecule has 0 radical (unpaired) electrons. The number of halogens is 1. The van der Waals surface area contributed by atoms with Crippen LogP contribution in [0.3, 0.4) is 0 Å². The number of methoxy groups -OCH3 is 2. The second-order valence-electron chi connectivity index (χ2n) is 5.49. The summed E-state index contributed by atoms with van der Waals surface area (Å²) < 4.78 is 9.86. The lowest BCUT2D eigenvalue weighted by atomic mass is 9.64. The van der Waals surface area contributed by atoms with Crippen LogP contribution in [-0.4, -0.2) is 26.2 Å². The van der Waals surface area contributed by atoms with Crippen LogP contribution < -0.4 is 0 Å². The van der Waals surface area contributed by atoms with Crippen molar-refractivity contribution < 1.29 is 19.1 Å². The van der Waals surface area contributed by atoms with Crippen molar-refractivity contribution in [1.29, 1.82) is 0 Å². The van der Waals surface area contributed by atoms with Gasteiger partial charge >= 0.3 is 11.9 Å². The molecule has 4 nitrogen and oxygen atoms in total. The van der Waals surface area contributed by atoms with E-state index in [-0.39, 0.29) is 6.42 Å². The predicted octanol–water partition coefficient (Wildman–Crippen LogP) is 3.50. The number of rotatable bonds is 3. The molecule has 0 spiro atoms. The van der Waals surface area contributed by atoms with E-state index in [9.17, 15) is 9.59 Å². The highest BCUT2D eigenvalue weighted by Crippen LogP contribution is 2.50. The number of esters is 2. The van der Waals surface area contributed by atoms with Gasteiger partial charge in [0, 0.05) is 10.9 Å². The average molecular weight is 323 g/mol. The highest BCUT2D eigenvalue weighted by atomic mass is 35.5. The Labute approximate surface area is 135 Å². The quantitative estimate of drug-likeness (QED) is 0.485. The Kier molecular flexibility index (Phi) is 4.91. The Morgan fingerprint density at radius 3 is 2.32 bits per heavy atom. The van der Waals surface area contributed by atoms with Gasteiger partial charge in [-0.15, -0.1) is 0 Å². The zero-order chi connectivity index (χ0) is 16.3. The molecule has 0 saturated carbocycles. The molecule has 1 aliphatic carbocycles. The first kappa shape index (κ1) is 16.6. The van der Waals surface area contributed by atoms with Crippen LogP contribution in [0.25, 0.3) is 0 Å². The first-order valence-electron chi connectivity index (χ1n) is 7.04. The lowest BCUT2D eigenvalue weighted by Crippen LogP contribution is -2.47. The van der Waals surface area contributed by atoms with Crippen molar-refractivity contribution in [3.63, 3.8) is 0 Å². The first-order valence-corrected chi connectivity index (χ1v) is 7.42. The van der Waals surface area contributed by atoms with E-state index in [1.165, 1.54) is 14.2 Å². The number of carbonyl (C=O) groups excluding carboxylic acids is 2. The molecule has 0 saturated heterocycles. The average Bonchev–Trinajstić information content (AvgIpc) is 2.54. The Balaban J connectivity index is 2.64. The third kappa shape index (κ3) is 2.63. The van der Waals surface area contributed by atoms with Crippen molar-refractivity contribution in [1.82, 2.24) is 0 Å². The van der Waals surface area contributed by atoms with Gasteiger partial charge in [0.2, 0.25) is 0 Å². The van der Waals surface area contributed by atoms with Crippen molar-refractivity contribution in [2.75, 3.05) is 14.2 Å². The van der Waals surface area contributed by atoms with E-state index in [1.807, 2.05) is 31.2 Å². The summed E-state index contributed by atoms with van der Waals surface area (Å²) in [5.74, 6) is -1.59. The number of hydrogen-bond donors (Lipinski definition) is 0. The van der Waals surface area contributed by atoms with Crippen LogP contribution in [0.15, 0.2) is 35.9 Å². The largest absolute Gasteiger partial charge is 0.468 e. The maximum atomic E-state index is 12.5. The Morgan fingerprint density at radius 2 is 1.77 bits per heavy atom. The highest BCUT2D eigenvalue weighted by molar-refractivity contribution is 6.31. The van der Waals surface area contributed by atoms with E-state index >= 15 is 0 Å². The normalized spacial score (nSPS) is 20.0. The van der Waals surface area contributed by atoms with Crippen LogP contribution in [0, 0.1) is 5.41 Å². The number of hydrogen-bond acceptors (Lipinski definition) is 4. The summed E-state index contributed by atoms with van der Waals surface area (Å²) in [5, 5.41) is 0.527. The fourth-order valence-corrected chi connectivity index (χ4v) is 3.36. The fourth-order valence-electron chi connectivity index (χ4n) is 3.09. The molecule has 1 unspecified atom stereocenters. The molecule has 1 aliphatic rings. The van der Waals surface area contributed by atoms with E-state index in [2.05, 4.69) is 0 Å². The fraction of sp³-hybridized carbons (Fsp3) is 0.412. The third-order valence-corrected chi connectivity index (χ3v) is 4.62. The van der Waals surface area contributed by atoms with Crippen molar-refractivity contribution in [2.45, 2.75) is 25.7 Å². The lowest BCUT2D eigenvalue weighted by Gasteiger charge is -2.38. The van der Waals surface area contributed by atoms with E-state index in [0.717, 1.165) is 11.1 Å². The summed E-state index contributed by atoms with van der Waals surface area (Å²) in [6, 6.07) is 7.25. The molecule has 0 fully saturated rings. The topological polar surface area (TPSA) is 52.6 Å². The monoisotopic (exact) mass is 322 g/mol. The van der Waals surface area contributed by atoms with Gasteiger partial charge in [-0.3, -0.25) is 9.59 Å². The minimum absolute atomic E-state index is 0.244. The van der Waals surface area contributed by atoms with Gasteiger partial charge in [0.25, 0.3) is 0 Å². The van der Waals surface area contributed by atoms with Gasteiger partial charge in [-0.2, -0.15) is 0 Å². The Bertz CT molecular complexity index is 605.